The van der Waals surface area contributed by atoms with E-state index in [0.717, 1.165) is 0 Å². The molecule has 0 aliphatic heterocycles. The molecule has 3 N–H and O–H groups in total. The lowest BCUT2D eigenvalue weighted by atomic mass is 10.2. The van der Waals surface area contributed by atoms with Crippen LogP contribution in [0.2, 0.25) is 0 Å². The van der Waals surface area contributed by atoms with Gasteiger partial charge in [-0.15, -0.1) is 0 Å². The Morgan fingerprint density at radius 2 is 1.71 bits per heavy atom. The minimum Gasteiger partial charge on any atom is -0.495 e. The lowest BCUT2D eigenvalue weighted by Gasteiger charge is -2.12. The first-order valence-corrected chi connectivity index (χ1v) is 7.22. The summed E-state index contributed by atoms with van der Waals surface area (Å²) in [7, 11) is -2.82. The molecule has 2 aromatic rings. The second-order valence-electron chi connectivity index (χ2n) is 4.17. The highest BCUT2D eigenvalue weighted by Crippen LogP contribution is 2.29. The van der Waals surface area contributed by atoms with Gasteiger partial charge in [0, 0.05) is 11.8 Å². The maximum atomic E-state index is 13.1. The van der Waals surface area contributed by atoms with Gasteiger partial charge in [-0.25, -0.2) is 17.2 Å². The molecule has 0 aliphatic rings. The summed E-state index contributed by atoms with van der Waals surface area (Å²) in [6, 6.07) is 6.35. The average molecular weight is 314 g/mol. The van der Waals surface area contributed by atoms with Crippen molar-refractivity contribution in [3.05, 3.63) is 48.0 Å². The molecule has 0 bridgehead atoms. The molecule has 0 saturated heterocycles. The smallest absolute Gasteiger partial charge is 0.262 e. The van der Waals surface area contributed by atoms with Crippen molar-refractivity contribution in [3.63, 3.8) is 0 Å². The fourth-order valence-electron chi connectivity index (χ4n) is 1.69. The minimum absolute atomic E-state index is 0.0715. The van der Waals surface area contributed by atoms with E-state index in [1.807, 2.05) is 0 Å². The molecule has 0 atom stereocenters. The molecule has 8 heteroatoms. The zero-order valence-corrected chi connectivity index (χ0v) is 11.7. The van der Waals surface area contributed by atoms with Gasteiger partial charge in [0.05, 0.1) is 17.7 Å². The molecule has 0 aromatic heterocycles. The van der Waals surface area contributed by atoms with Gasteiger partial charge in [-0.2, -0.15) is 0 Å². The maximum Gasteiger partial charge on any atom is 0.262 e. The summed E-state index contributed by atoms with van der Waals surface area (Å²) in [6.07, 6.45) is 0. The van der Waals surface area contributed by atoms with Gasteiger partial charge in [-0.3, -0.25) is 4.72 Å². The van der Waals surface area contributed by atoms with Crippen molar-refractivity contribution in [1.29, 1.82) is 0 Å². The van der Waals surface area contributed by atoms with Crippen molar-refractivity contribution in [2.75, 3.05) is 17.6 Å². The van der Waals surface area contributed by atoms with Crippen LogP contribution in [0.25, 0.3) is 0 Å². The molecule has 0 fully saturated rings. The van der Waals surface area contributed by atoms with E-state index < -0.39 is 26.6 Å². The molecular formula is C13H12F2N2O3S. The van der Waals surface area contributed by atoms with Crippen LogP contribution in [0.1, 0.15) is 0 Å². The van der Waals surface area contributed by atoms with Crippen molar-refractivity contribution >= 4 is 21.4 Å². The largest absolute Gasteiger partial charge is 0.495 e. The molecule has 5 nitrogen and oxygen atoms in total. The van der Waals surface area contributed by atoms with Crippen molar-refractivity contribution < 1.29 is 21.9 Å². The van der Waals surface area contributed by atoms with E-state index in [9.17, 15) is 17.2 Å². The Morgan fingerprint density at radius 1 is 1.10 bits per heavy atom. The highest BCUT2D eigenvalue weighted by Gasteiger charge is 2.18. The quantitative estimate of drug-likeness (QED) is 0.849. The first-order chi connectivity index (χ1) is 9.81. The van der Waals surface area contributed by atoms with Gasteiger partial charge in [0.2, 0.25) is 0 Å². The summed E-state index contributed by atoms with van der Waals surface area (Å²) in [4.78, 5) is -0.538. The van der Waals surface area contributed by atoms with E-state index in [-0.39, 0.29) is 11.4 Å². The normalized spacial score (nSPS) is 11.2. The molecule has 2 rings (SSSR count). The number of anilines is 2. The number of benzene rings is 2. The predicted octanol–water partition coefficient (Wildman–Crippen LogP) is 2.36. The number of nitrogens with two attached hydrogens (primary N) is 1. The monoisotopic (exact) mass is 314 g/mol. The molecule has 0 saturated carbocycles. The number of hydrogen-bond donors (Lipinski definition) is 2. The zero-order chi connectivity index (χ0) is 15.6. The van der Waals surface area contributed by atoms with Crippen LogP contribution in [-0.4, -0.2) is 15.5 Å². The van der Waals surface area contributed by atoms with Gasteiger partial charge in [0.15, 0.2) is 0 Å². The fourth-order valence-corrected chi connectivity index (χ4v) is 2.80. The second kappa shape index (κ2) is 5.57. The van der Waals surface area contributed by atoms with Crippen molar-refractivity contribution in [2.45, 2.75) is 4.90 Å². The van der Waals surface area contributed by atoms with E-state index in [1.165, 1.54) is 25.3 Å². The summed E-state index contributed by atoms with van der Waals surface area (Å²) in [5, 5.41) is 0. The SMILES string of the molecule is COc1ccc(N)cc1NS(=O)(=O)c1cc(F)cc(F)c1. The minimum atomic E-state index is -4.17. The zero-order valence-electron chi connectivity index (χ0n) is 10.9. The van der Waals surface area contributed by atoms with Crippen LogP contribution >= 0.6 is 0 Å². The summed E-state index contributed by atoms with van der Waals surface area (Å²) in [5.41, 5.74) is 5.95. The number of methoxy groups -OCH3 is 1. The molecule has 0 aliphatic carbocycles. The first kappa shape index (κ1) is 15.0. The highest BCUT2D eigenvalue weighted by atomic mass is 32.2. The molecule has 0 heterocycles. The summed E-state index contributed by atoms with van der Waals surface area (Å²) < 4.78 is 57.7. The van der Waals surface area contributed by atoms with Gasteiger partial charge < -0.3 is 10.5 Å². The van der Waals surface area contributed by atoms with E-state index in [4.69, 9.17) is 10.5 Å². The van der Waals surface area contributed by atoms with Gasteiger partial charge in [-0.05, 0) is 30.3 Å². The van der Waals surface area contributed by atoms with Crippen molar-refractivity contribution in [2.24, 2.45) is 0 Å². The number of sulfonamides is 1. The molecule has 0 radical (unpaired) electrons. The van der Waals surface area contributed by atoms with E-state index >= 15 is 0 Å². The van der Waals surface area contributed by atoms with Crippen molar-refractivity contribution in [3.8, 4) is 5.75 Å². The van der Waals surface area contributed by atoms with Gasteiger partial charge in [0.1, 0.15) is 17.4 Å². The second-order valence-corrected chi connectivity index (χ2v) is 5.85. The summed E-state index contributed by atoms with van der Waals surface area (Å²) in [6.45, 7) is 0. The van der Waals surface area contributed by atoms with E-state index in [0.29, 0.717) is 23.9 Å². The average Bonchev–Trinajstić information content (AvgIpc) is 2.37. The predicted molar refractivity (Wildman–Crippen MR) is 74.6 cm³/mol. The Balaban J connectivity index is 2.44. The molecule has 112 valence electrons. The van der Waals surface area contributed by atoms with Gasteiger partial charge in [0.25, 0.3) is 10.0 Å². The topological polar surface area (TPSA) is 81.4 Å². The van der Waals surface area contributed by atoms with Gasteiger partial charge >= 0.3 is 0 Å². The van der Waals surface area contributed by atoms with Crippen LogP contribution in [0, 0.1) is 11.6 Å². The van der Waals surface area contributed by atoms with Crippen molar-refractivity contribution in [1.82, 2.24) is 0 Å². The number of nitrogen functional groups attached to an aromatic ring is 1. The number of hydrogen-bond acceptors (Lipinski definition) is 4. The first-order valence-electron chi connectivity index (χ1n) is 5.74. The standard InChI is InChI=1S/C13H12F2N2O3S/c1-20-13-3-2-10(16)7-12(13)17-21(18,19)11-5-8(14)4-9(15)6-11/h2-7,17H,16H2,1H3. The number of halogens is 2. The summed E-state index contributed by atoms with van der Waals surface area (Å²) in [5.74, 6) is -1.76. The molecule has 2 aromatic carbocycles. The molecular weight excluding hydrogens is 302 g/mol. The van der Waals surface area contributed by atoms with Crippen LogP contribution < -0.4 is 15.2 Å². The van der Waals surface area contributed by atoms with E-state index in [1.54, 1.807) is 0 Å². The molecule has 0 amide bonds. The maximum absolute atomic E-state index is 13.1. The van der Waals surface area contributed by atoms with Crippen LogP contribution in [0.15, 0.2) is 41.3 Å². The third-order valence-electron chi connectivity index (χ3n) is 2.61. The van der Waals surface area contributed by atoms with Crippen LogP contribution in [0.4, 0.5) is 20.2 Å². The number of ether oxygens (including phenoxy) is 1. The molecule has 0 unspecified atom stereocenters. The number of nitrogens with one attached hydrogen (secondary N) is 1. The lowest BCUT2D eigenvalue weighted by molar-refractivity contribution is 0.417. The summed E-state index contributed by atoms with van der Waals surface area (Å²) >= 11 is 0. The molecule has 0 spiro atoms. The van der Waals surface area contributed by atoms with E-state index in [2.05, 4.69) is 4.72 Å². The Labute approximate surface area is 120 Å². The fraction of sp³-hybridized carbons (Fsp3) is 0.0769. The Hall–Kier alpha value is -2.35. The number of rotatable bonds is 4. The lowest BCUT2D eigenvalue weighted by Crippen LogP contribution is -2.14. The Kier molecular flexibility index (Phi) is 3.99. The van der Waals surface area contributed by atoms with Crippen LogP contribution in [-0.2, 0) is 10.0 Å². The highest BCUT2D eigenvalue weighted by molar-refractivity contribution is 7.92. The van der Waals surface area contributed by atoms with Crippen LogP contribution in [0.3, 0.4) is 0 Å². The Morgan fingerprint density at radius 3 is 2.29 bits per heavy atom. The van der Waals surface area contributed by atoms with Gasteiger partial charge in [-0.1, -0.05) is 0 Å². The molecule has 21 heavy (non-hydrogen) atoms. The van der Waals surface area contributed by atoms with Crippen LogP contribution in [0.5, 0.6) is 5.75 Å². The Bertz CT molecular complexity index is 759. The third kappa shape index (κ3) is 3.40. The third-order valence-corrected chi connectivity index (χ3v) is 3.96.